The minimum atomic E-state index is 0.205. The first-order chi connectivity index (χ1) is 8.23. The van der Waals surface area contributed by atoms with Gasteiger partial charge in [-0.15, -0.1) is 0 Å². The molecule has 0 spiro atoms. The molecule has 0 unspecified atom stereocenters. The van der Waals surface area contributed by atoms with Crippen LogP contribution in [0.15, 0.2) is 24.5 Å². The van der Waals surface area contributed by atoms with E-state index in [1.165, 1.54) is 5.56 Å². The Morgan fingerprint density at radius 3 is 2.76 bits per heavy atom. The van der Waals surface area contributed by atoms with Gasteiger partial charge in [0, 0.05) is 43.6 Å². The second kappa shape index (κ2) is 5.61. The molecule has 3 nitrogen and oxygen atoms in total. The Labute approximate surface area is 104 Å². The molecule has 1 aromatic rings. The van der Waals surface area contributed by atoms with Crippen LogP contribution in [0.2, 0.25) is 0 Å². The second-order valence-electron chi connectivity index (χ2n) is 5.17. The smallest absolute Gasteiger partial charge is 0.0475 e. The summed E-state index contributed by atoms with van der Waals surface area (Å²) in [6, 6.07) is 4.74. The molecular weight excluding hydrogens is 212 g/mol. The first kappa shape index (κ1) is 12.5. The van der Waals surface area contributed by atoms with Crippen LogP contribution in [0, 0.1) is 0 Å². The van der Waals surface area contributed by atoms with E-state index in [4.69, 9.17) is 4.74 Å². The maximum absolute atomic E-state index is 5.50. The Kier molecular flexibility index (Phi) is 4.13. The minimum absolute atomic E-state index is 0.205. The third-order valence-corrected chi connectivity index (χ3v) is 3.57. The van der Waals surface area contributed by atoms with E-state index in [-0.39, 0.29) is 5.41 Å². The summed E-state index contributed by atoms with van der Waals surface area (Å²) >= 11 is 0. The highest BCUT2D eigenvalue weighted by Gasteiger charge is 2.34. The van der Waals surface area contributed by atoms with Crippen LogP contribution in [0.5, 0.6) is 0 Å². The van der Waals surface area contributed by atoms with Gasteiger partial charge in [0.1, 0.15) is 0 Å². The lowest BCUT2D eigenvalue weighted by Gasteiger charge is -2.38. The molecule has 1 saturated heterocycles. The van der Waals surface area contributed by atoms with Crippen LogP contribution in [0.25, 0.3) is 0 Å². The van der Waals surface area contributed by atoms with Crippen molar-refractivity contribution in [2.75, 3.05) is 19.8 Å². The molecule has 0 aromatic carbocycles. The predicted molar refractivity (Wildman–Crippen MR) is 69.1 cm³/mol. The number of hydrogen-bond donors (Lipinski definition) is 1. The van der Waals surface area contributed by atoms with Crippen LogP contribution in [0.3, 0.4) is 0 Å². The van der Waals surface area contributed by atoms with Gasteiger partial charge < -0.3 is 10.1 Å². The van der Waals surface area contributed by atoms with Gasteiger partial charge in [-0.1, -0.05) is 19.9 Å². The number of hydrogen-bond acceptors (Lipinski definition) is 3. The standard InChI is InChI=1S/C14H22N2O/c1-12(2)16-11-14(5-8-17-9-6-14)13-4-3-7-15-10-13/h3-4,7,10,12,16H,5-6,8-9,11H2,1-2H3. The fraction of sp³-hybridized carbons (Fsp3) is 0.643. The Morgan fingerprint density at radius 2 is 2.18 bits per heavy atom. The van der Waals surface area contributed by atoms with Crippen molar-refractivity contribution in [3.63, 3.8) is 0 Å². The van der Waals surface area contributed by atoms with E-state index in [1.54, 1.807) is 0 Å². The summed E-state index contributed by atoms with van der Waals surface area (Å²) in [7, 11) is 0. The number of ether oxygens (including phenoxy) is 1. The molecular formula is C14H22N2O. The maximum atomic E-state index is 5.50. The molecule has 1 N–H and O–H groups in total. The summed E-state index contributed by atoms with van der Waals surface area (Å²) in [5.74, 6) is 0. The minimum Gasteiger partial charge on any atom is -0.381 e. The Balaban J connectivity index is 2.17. The lowest BCUT2D eigenvalue weighted by molar-refractivity contribution is 0.0491. The van der Waals surface area contributed by atoms with Crippen LogP contribution >= 0.6 is 0 Å². The fourth-order valence-electron chi connectivity index (χ4n) is 2.41. The van der Waals surface area contributed by atoms with Gasteiger partial charge in [-0.3, -0.25) is 4.98 Å². The molecule has 0 amide bonds. The van der Waals surface area contributed by atoms with Crippen LogP contribution < -0.4 is 5.32 Å². The van der Waals surface area contributed by atoms with Crippen LogP contribution in [-0.2, 0) is 10.2 Å². The van der Waals surface area contributed by atoms with Crippen LogP contribution in [0.1, 0.15) is 32.3 Å². The zero-order chi connectivity index (χ0) is 12.1. The van der Waals surface area contributed by atoms with Crippen molar-refractivity contribution in [2.45, 2.75) is 38.1 Å². The maximum Gasteiger partial charge on any atom is 0.0475 e. The molecule has 1 fully saturated rings. The Morgan fingerprint density at radius 1 is 1.41 bits per heavy atom. The molecule has 17 heavy (non-hydrogen) atoms. The van der Waals surface area contributed by atoms with Gasteiger partial charge in [-0.25, -0.2) is 0 Å². The zero-order valence-corrected chi connectivity index (χ0v) is 10.8. The lowest BCUT2D eigenvalue weighted by Crippen LogP contribution is -2.44. The third-order valence-electron chi connectivity index (χ3n) is 3.57. The highest BCUT2D eigenvalue weighted by atomic mass is 16.5. The zero-order valence-electron chi connectivity index (χ0n) is 10.8. The molecule has 94 valence electrons. The van der Waals surface area contributed by atoms with E-state index >= 15 is 0 Å². The number of nitrogens with zero attached hydrogens (tertiary/aromatic N) is 1. The summed E-state index contributed by atoms with van der Waals surface area (Å²) in [4.78, 5) is 4.26. The molecule has 2 heterocycles. The molecule has 0 bridgehead atoms. The molecule has 1 aliphatic rings. The average Bonchev–Trinajstić information content (AvgIpc) is 2.39. The topological polar surface area (TPSA) is 34.2 Å². The van der Waals surface area contributed by atoms with Crippen molar-refractivity contribution < 1.29 is 4.74 Å². The summed E-state index contributed by atoms with van der Waals surface area (Å²) in [6.45, 7) is 7.11. The van der Waals surface area contributed by atoms with Crippen molar-refractivity contribution in [2.24, 2.45) is 0 Å². The third kappa shape index (κ3) is 3.05. The largest absolute Gasteiger partial charge is 0.381 e. The lowest BCUT2D eigenvalue weighted by atomic mass is 9.74. The van der Waals surface area contributed by atoms with Gasteiger partial charge in [0.05, 0.1) is 0 Å². The Bertz CT molecular complexity index is 331. The van der Waals surface area contributed by atoms with Crippen molar-refractivity contribution in [1.29, 1.82) is 0 Å². The Hall–Kier alpha value is -0.930. The monoisotopic (exact) mass is 234 g/mol. The van der Waals surface area contributed by atoms with Gasteiger partial charge in [0.25, 0.3) is 0 Å². The van der Waals surface area contributed by atoms with E-state index in [1.807, 2.05) is 18.5 Å². The van der Waals surface area contributed by atoms with Crippen LogP contribution in [0.4, 0.5) is 0 Å². The molecule has 0 atom stereocenters. The van der Waals surface area contributed by atoms with E-state index < -0.39 is 0 Å². The molecule has 0 radical (unpaired) electrons. The fourth-order valence-corrected chi connectivity index (χ4v) is 2.41. The predicted octanol–water partition coefficient (Wildman–Crippen LogP) is 2.13. The number of rotatable bonds is 4. The van der Waals surface area contributed by atoms with E-state index in [9.17, 15) is 0 Å². The molecule has 0 saturated carbocycles. The van der Waals surface area contributed by atoms with E-state index in [0.717, 1.165) is 32.6 Å². The number of nitrogens with one attached hydrogen (secondary N) is 1. The van der Waals surface area contributed by atoms with Gasteiger partial charge in [0.2, 0.25) is 0 Å². The van der Waals surface area contributed by atoms with Crippen molar-refractivity contribution in [3.05, 3.63) is 30.1 Å². The van der Waals surface area contributed by atoms with Gasteiger partial charge in [-0.05, 0) is 24.5 Å². The normalized spacial score (nSPS) is 19.5. The summed E-state index contributed by atoms with van der Waals surface area (Å²) in [6.07, 6.45) is 6.01. The summed E-state index contributed by atoms with van der Waals surface area (Å²) < 4.78 is 5.50. The first-order valence-corrected chi connectivity index (χ1v) is 6.45. The SMILES string of the molecule is CC(C)NCC1(c2cccnc2)CCOCC1. The molecule has 3 heteroatoms. The van der Waals surface area contributed by atoms with Gasteiger partial charge in [-0.2, -0.15) is 0 Å². The van der Waals surface area contributed by atoms with Crippen molar-refractivity contribution in [1.82, 2.24) is 10.3 Å². The van der Waals surface area contributed by atoms with E-state index in [2.05, 4.69) is 30.2 Å². The van der Waals surface area contributed by atoms with Crippen LogP contribution in [-0.4, -0.2) is 30.8 Å². The summed E-state index contributed by atoms with van der Waals surface area (Å²) in [5.41, 5.74) is 1.55. The second-order valence-corrected chi connectivity index (χ2v) is 5.17. The first-order valence-electron chi connectivity index (χ1n) is 6.45. The highest BCUT2D eigenvalue weighted by Crippen LogP contribution is 2.33. The van der Waals surface area contributed by atoms with Gasteiger partial charge >= 0.3 is 0 Å². The molecule has 1 aromatic heterocycles. The van der Waals surface area contributed by atoms with E-state index in [0.29, 0.717) is 6.04 Å². The van der Waals surface area contributed by atoms with Gasteiger partial charge in [0.15, 0.2) is 0 Å². The quantitative estimate of drug-likeness (QED) is 0.866. The van der Waals surface area contributed by atoms with Crippen molar-refractivity contribution >= 4 is 0 Å². The molecule has 2 rings (SSSR count). The van der Waals surface area contributed by atoms with Crippen molar-refractivity contribution in [3.8, 4) is 0 Å². The molecule has 0 aliphatic carbocycles. The average molecular weight is 234 g/mol. The number of pyridine rings is 1. The summed E-state index contributed by atoms with van der Waals surface area (Å²) in [5, 5.41) is 3.57. The highest BCUT2D eigenvalue weighted by molar-refractivity contribution is 5.23. The number of aromatic nitrogens is 1. The molecule has 1 aliphatic heterocycles.